The van der Waals surface area contributed by atoms with Gasteiger partial charge < -0.3 is 4.42 Å². The molecule has 0 fully saturated rings. The van der Waals surface area contributed by atoms with Gasteiger partial charge in [0.2, 0.25) is 0 Å². The van der Waals surface area contributed by atoms with Gasteiger partial charge in [-0.2, -0.15) is 0 Å². The van der Waals surface area contributed by atoms with E-state index in [1.165, 1.54) is 6.07 Å². The van der Waals surface area contributed by atoms with E-state index in [9.17, 15) is 10.1 Å². The number of para-hydroxylation sites is 1. The number of nitrogens with zero attached hydrogens (tertiary/aromatic N) is 3. The predicted octanol–water partition coefficient (Wildman–Crippen LogP) is 4.92. The second-order valence-electron chi connectivity index (χ2n) is 6.22. The number of allylic oxidation sites excluding steroid dienone is 1. The lowest BCUT2D eigenvalue weighted by Gasteiger charge is -2.15. The molecular weight excluding hydrogens is 342 g/mol. The summed E-state index contributed by atoms with van der Waals surface area (Å²) in [5.74, 6) is 1.13. The number of hydrogen-bond acceptors (Lipinski definition) is 5. The quantitative estimate of drug-likeness (QED) is 0.489. The molecule has 4 rings (SSSR count). The van der Waals surface area contributed by atoms with Crippen LogP contribution in [0.3, 0.4) is 0 Å². The third-order valence-corrected chi connectivity index (χ3v) is 4.42. The van der Waals surface area contributed by atoms with Crippen molar-refractivity contribution in [2.75, 3.05) is 6.54 Å². The summed E-state index contributed by atoms with van der Waals surface area (Å²) in [6.45, 7) is 0.793. The van der Waals surface area contributed by atoms with Crippen molar-refractivity contribution >= 4 is 17.5 Å². The van der Waals surface area contributed by atoms with Crippen LogP contribution in [0.2, 0.25) is 0 Å². The maximum absolute atomic E-state index is 11.2. The molecule has 0 amide bonds. The highest BCUT2D eigenvalue weighted by Crippen LogP contribution is 2.32. The fraction of sp³-hybridized carbons (Fsp3) is 0.143. The number of aliphatic imine (C=N–C) groups is 1. The molecule has 0 bridgehead atoms. The van der Waals surface area contributed by atoms with Gasteiger partial charge in [-0.1, -0.05) is 12.1 Å². The molecule has 0 atom stereocenters. The van der Waals surface area contributed by atoms with Crippen LogP contribution in [0, 0.1) is 10.1 Å². The fourth-order valence-corrected chi connectivity index (χ4v) is 3.19. The molecule has 2 aromatic heterocycles. The highest BCUT2D eigenvalue weighted by atomic mass is 16.6. The van der Waals surface area contributed by atoms with Gasteiger partial charge >= 0.3 is 0 Å². The maximum atomic E-state index is 11.2. The highest BCUT2D eigenvalue weighted by Gasteiger charge is 2.18. The van der Waals surface area contributed by atoms with E-state index in [2.05, 4.69) is 9.98 Å². The number of benzene rings is 1. The maximum Gasteiger partial charge on any atom is 0.280 e. The lowest BCUT2D eigenvalue weighted by atomic mass is 9.96. The molecule has 3 heterocycles. The van der Waals surface area contributed by atoms with E-state index in [0.29, 0.717) is 17.1 Å². The van der Waals surface area contributed by atoms with Gasteiger partial charge in [-0.15, -0.1) is 0 Å². The number of rotatable bonds is 4. The molecule has 6 nitrogen and oxygen atoms in total. The monoisotopic (exact) mass is 359 g/mol. The highest BCUT2D eigenvalue weighted by molar-refractivity contribution is 6.15. The molecule has 0 saturated carbocycles. The van der Waals surface area contributed by atoms with Crippen LogP contribution in [0.5, 0.6) is 0 Å². The average Bonchev–Trinajstić information content (AvgIpc) is 3.17. The largest absolute Gasteiger partial charge is 0.456 e. The molecule has 0 spiro atoms. The van der Waals surface area contributed by atoms with Crippen LogP contribution in [0.15, 0.2) is 75.9 Å². The Labute approximate surface area is 156 Å². The zero-order chi connectivity index (χ0) is 18.6. The molecular formula is C21H17N3O3. The van der Waals surface area contributed by atoms with Crippen molar-refractivity contribution in [3.8, 4) is 11.3 Å². The molecule has 1 aliphatic rings. The van der Waals surface area contributed by atoms with E-state index in [4.69, 9.17) is 4.42 Å². The standard InChI is InChI=1S/C21H17N3O3/c25-24(26)19-8-2-1-7-18(19)20-10-9-17(27-20)13-15-5-4-12-23-21(15)16-6-3-11-22-14-16/h1-3,6-11,13-14H,4-5,12H2. The molecule has 6 heteroatoms. The van der Waals surface area contributed by atoms with Crippen molar-refractivity contribution in [1.82, 2.24) is 4.98 Å². The number of nitro groups is 1. The summed E-state index contributed by atoms with van der Waals surface area (Å²) in [6.07, 6.45) is 7.38. The first kappa shape index (κ1) is 16.9. The Kier molecular flexibility index (Phi) is 4.61. The molecule has 0 aliphatic carbocycles. The fourth-order valence-electron chi connectivity index (χ4n) is 3.19. The van der Waals surface area contributed by atoms with Gasteiger partial charge in [-0.25, -0.2) is 0 Å². The summed E-state index contributed by atoms with van der Waals surface area (Å²) in [5, 5.41) is 11.2. The van der Waals surface area contributed by atoms with Crippen LogP contribution >= 0.6 is 0 Å². The van der Waals surface area contributed by atoms with Crippen LogP contribution in [0.25, 0.3) is 17.4 Å². The first-order chi connectivity index (χ1) is 13.2. The lowest BCUT2D eigenvalue weighted by molar-refractivity contribution is -0.384. The van der Waals surface area contributed by atoms with Gasteiger partial charge in [-0.05, 0) is 54.8 Å². The van der Waals surface area contributed by atoms with Crippen molar-refractivity contribution in [1.29, 1.82) is 0 Å². The van der Waals surface area contributed by atoms with Gasteiger partial charge in [0, 0.05) is 30.6 Å². The van der Waals surface area contributed by atoms with E-state index < -0.39 is 4.92 Å². The van der Waals surface area contributed by atoms with E-state index >= 15 is 0 Å². The smallest absolute Gasteiger partial charge is 0.280 e. The molecule has 1 aliphatic heterocycles. The van der Waals surface area contributed by atoms with Gasteiger partial charge in [0.15, 0.2) is 0 Å². The number of hydrogen-bond donors (Lipinski definition) is 0. The zero-order valence-electron chi connectivity index (χ0n) is 14.5. The van der Waals surface area contributed by atoms with Gasteiger partial charge in [0.25, 0.3) is 5.69 Å². The SMILES string of the molecule is O=[N+]([O-])c1ccccc1-c1ccc(C=C2CCCN=C2c2cccnc2)o1. The Bertz CT molecular complexity index is 1040. The van der Waals surface area contributed by atoms with Crippen LogP contribution in [-0.4, -0.2) is 22.2 Å². The molecule has 0 radical (unpaired) electrons. The van der Waals surface area contributed by atoms with Crippen LogP contribution < -0.4 is 0 Å². The number of nitro benzene ring substituents is 1. The van der Waals surface area contributed by atoms with Gasteiger partial charge in [0.1, 0.15) is 11.5 Å². The third kappa shape index (κ3) is 3.55. The van der Waals surface area contributed by atoms with E-state index in [0.717, 1.165) is 36.2 Å². The second kappa shape index (κ2) is 7.37. The minimum atomic E-state index is -0.399. The van der Waals surface area contributed by atoms with E-state index in [1.54, 1.807) is 36.7 Å². The van der Waals surface area contributed by atoms with Crippen molar-refractivity contribution in [2.24, 2.45) is 4.99 Å². The van der Waals surface area contributed by atoms with E-state index in [-0.39, 0.29) is 5.69 Å². The van der Waals surface area contributed by atoms with Crippen LogP contribution in [0.1, 0.15) is 24.2 Å². The number of pyridine rings is 1. The predicted molar refractivity (Wildman–Crippen MR) is 104 cm³/mol. The normalized spacial score (nSPS) is 15.6. The minimum Gasteiger partial charge on any atom is -0.456 e. The summed E-state index contributed by atoms with van der Waals surface area (Å²) >= 11 is 0. The van der Waals surface area contributed by atoms with Crippen LogP contribution in [0.4, 0.5) is 5.69 Å². The number of aromatic nitrogens is 1. The van der Waals surface area contributed by atoms with Crippen molar-refractivity contribution in [2.45, 2.75) is 12.8 Å². The Morgan fingerprint density at radius 1 is 1.11 bits per heavy atom. The Morgan fingerprint density at radius 2 is 2.00 bits per heavy atom. The van der Waals surface area contributed by atoms with Crippen molar-refractivity contribution in [3.05, 3.63) is 87.9 Å². The van der Waals surface area contributed by atoms with Gasteiger partial charge in [-0.3, -0.25) is 20.1 Å². The van der Waals surface area contributed by atoms with Crippen molar-refractivity contribution in [3.63, 3.8) is 0 Å². The summed E-state index contributed by atoms with van der Waals surface area (Å²) in [4.78, 5) is 19.7. The molecule has 0 N–H and O–H groups in total. The lowest BCUT2D eigenvalue weighted by Crippen LogP contribution is -2.11. The number of furan rings is 1. The Balaban J connectivity index is 1.69. The molecule has 3 aromatic rings. The molecule has 27 heavy (non-hydrogen) atoms. The Morgan fingerprint density at radius 3 is 2.81 bits per heavy atom. The van der Waals surface area contributed by atoms with Gasteiger partial charge in [0.05, 0.1) is 16.2 Å². The third-order valence-electron chi connectivity index (χ3n) is 4.42. The topological polar surface area (TPSA) is 81.5 Å². The second-order valence-corrected chi connectivity index (χ2v) is 6.22. The molecule has 0 unspecified atom stereocenters. The summed E-state index contributed by atoms with van der Waals surface area (Å²) < 4.78 is 5.90. The van der Waals surface area contributed by atoms with Crippen molar-refractivity contribution < 1.29 is 9.34 Å². The molecule has 1 aromatic carbocycles. The molecule has 134 valence electrons. The first-order valence-corrected chi connectivity index (χ1v) is 8.72. The summed E-state index contributed by atoms with van der Waals surface area (Å²) in [5.41, 5.74) is 3.49. The Hall–Kier alpha value is -3.54. The summed E-state index contributed by atoms with van der Waals surface area (Å²) in [6, 6.07) is 14.0. The average molecular weight is 359 g/mol. The van der Waals surface area contributed by atoms with Crippen LogP contribution in [-0.2, 0) is 0 Å². The zero-order valence-corrected chi connectivity index (χ0v) is 14.5. The summed E-state index contributed by atoms with van der Waals surface area (Å²) in [7, 11) is 0. The van der Waals surface area contributed by atoms with E-state index in [1.807, 2.05) is 24.3 Å². The molecule has 0 saturated heterocycles. The minimum absolute atomic E-state index is 0.0290. The first-order valence-electron chi connectivity index (χ1n) is 8.72.